The zero-order chi connectivity index (χ0) is 14.4. The molecule has 2 nitrogen and oxygen atoms in total. The minimum Gasteiger partial charge on any atom is -0.314 e. The largest absolute Gasteiger partial charge is 0.314 e. The fourth-order valence-electron chi connectivity index (χ4n) is 3.94. The van der Waals surface area contributed by atoms with Gasteiger partial charge in [0.05, 0.1) is 0 Å². The Morgan fingerprint density at radius 3 is 2.30 bits per heavy atom. The van der Waals surface area contributed by atoms with Gasteiger partial charge in [0.25, 0.3) is 0 Å². The fraction of sp³-hybridized carbons (Fsp3) is 1.00. The van der Waals surface area contributed by atoms with E-state index in [0.717, 1.165) is 12.1 Å². The van der Waals surface area contributed by atoms with Gasteiger partial charge in [0, 0.05) is 12.1 Å². The molecule has 0 aliphatic heterocycles. The first-order valence-electron chi connectivity index (χ1n) is 9.00. The molecule has 0 radical (unpaired) electrons. The second-order valence-corrected chi connectivity index (χ2v) is 8.02. The van der Waals surface area contributed by atoms with Crippen LogP contribution in [0.3, 0.4) is 0 Å². The zero-order valence-corrected chi connectivity index (χ0v) is 14.1. The summed E-state index contributed by atoms with van der Waals surface area (Å²) in [4.78, 5) is 2.62. The summed E-state index contributed by atoms with van der Waals surface area (Å²) in [6, 6.07) is 1.67. The maximum absolute atomic E-state index is 3.79. The first-order valence-corrected chi connectivity index (χ1v) is 9.00. The van der Waals surface area contributed by atoms with E-state index in [0.29, 0.717) is 5.41 Å². The van der Waals surface area contributed by atoms with Gasteiger partial charge in [0.15, 0.2) is 0 Å². The van der Waals surface area contributed by atoms with E-state index in [-0.39, 0.29) is 0 Å². The highest BCUT2D eigenvalue weighted by atomic mass is 15.1. The van der Waals surface area contributed by atoms with E-state index in [1.54, 1.807) is 0 Å². The highest BCUT2D eigenvalue weighted by molar-refractivity contribution is 4.82. The lowest BCUT2D eigenvalue weighted by Gasteiger charge is -2.35. The quantitative estimate of drug-likeness (QED) is 0.734. The molecule has 0 unspecified atom stereocenters. The molecule has 0 saturated heterocycles. The lowest BCUT2D eigenvalue weighted by Crippen LogP contribution is -2.38. The van der Waals surface area contributed by atoms with Crippen molar-refractivity contribution in [2.75, 3.05) is 20.1 Å². The van der Waals surface area contributed by atoms with E-state index in [1.807, 2.05) is 0 Å². The number of rotatable bonds is 6. The van der Waals surface area contributed by atoms with Crippen LogP contribution in [0.1, 0.15) is 78.1 Å². The molecule has 0 atom stereocenters. The van der Waals surface area contributed by atoms with Crippen LogP contribution in [0.4, 0.5) is 0 Å². The van der Waals surface area contributed by atoms with Crippen molar-refractivity contribution in [1.29, 1.82) is 0 Å². The highest BCUT2D eigenvalue weighted by Crippen LogP contribution is 2.34. The molecule has 0 aromatic carbocycles. The maximum Gasteiger partial charge on any atom is 0.00922 e. The number of nitrogens with zero attached hydrogens (tertiary/aromatic N) is 1. The van der Waals surface area contributed by atoms with Gasteiger partial charge in [-0.1, -0.05) is 33.1 Å². The Morgan fingerprint density at radius 2 is 1.65 bits per heavy atom. The van der Waals surface area contributed by atoms with Crippen LogP contribution in [0.2, 0.25) is 0 Å². The van der Waals surface area contributed by atoms with Gasteiger partial charge in [0.1, 0.15) is 0 Å². The summed E-state index contributed by atoms with van der Waals surface area (Å²) in [7, 11) is 2.33. The van der Waals surface area contributed by atoms with Crippen LogP contribution >= 0.6 is 0 Å². The standard InChI is InChI=1S/C18H36N2/c1-18(2)12-10-16(11-13-18)19-14-7-15-20(3)17-8-5-4-6-9-17/h16-17,19H,4-15H2,1-3H3. The second-order valence-electron chi connectivity index (χ2n) is 8.02. The molecule has 0 aromatic heterocycles. The van der Waals surface area contributed by atoms with Gasteiger partial charge in [-0.05, 0) is 70.5 Å². The zero-order valence-electron chi connectivity index (χ0n) is 14.1. The molecule has 2 heteroatoms. The maximum atomic E-state index is 3.79. The van der Waals surface area contributed by atoms with E-state index in [9.17, 15) is 0 Å². The van der Waals surface area contributed by atoms with Crippen LogP contribution in [0, 0.1) is 5.41 Å². The molecule has 2 rings (SSSR count). The highest BCUT2D eigenvalue weighted by Gasteiger charge is 2.26. The third kappa shape index (κ3) is 5.37. The van der Waals surface area contributed by atoms with Crippen LogP contribution in [0.25, 0.3) is 0 Å². The summed E-state index contributed by atoms with van der Waals surface area (Å²) in [6.45, 7) is 7.32. The van der Waals surface area contributed by atoms with Crippen molar-refractivity contribution in [2.24, 2.45) is 5.41 Å². The fourth-order valence-corrected chi connectivity index (χ4v) is 3.94. The van der Waals surface area contributed by atoms with Crippen molar-refractivity contribution in [1.82, 2.24) is 10.2 Å². The molecule has 0 heterocycles. The molecular weight excluding hydrogens is 244 g/mol. The Labute approximate surface area is 126 Å². The van der Waals surface area contributed by atoms with Crippen LogP contribution in [-0.2, 0) is 0 Å². The lowest BCUT2D eigenvalue weighted by atomic mass is 9.75. The molecule has 0 aromatic rings. The van der Waals surface area contributed by atoms with Crippen molar-refractivity contribution in [3.05, 3.63) is 0 Å². The van der Waals surface area contributed by atoms with Crippen molar-refractivity contribution < 1.29 is 0 Å². The van der Waals surface area contributed by atoms with Crippen molar-refractivity contribution in [3.63, 3.8) is 0 Å². The lowest BCUT2D eigenvalue weighted by molar-refractivity contribution is 0.183. The van der Waals surface area contributed by atoms with Gasteiger partial charge < -0.3 is 10.2 Å². The SMILES string of the molecule is CN(CCCNC1CCC(C)(C)CC1)C1CCCCC1. The molecule has 2 aliphatic rings. The van der Waals surface area contributed by atoms with Gasteiger partial charge in [-0.15, -0.1) is 0 Å². The Kier molecular flexibility index (Phi) is 6.35. The van der Waals surface area contributed by atoms with Crippen molar-refractivity contribution >= 4 is 0 Å². The summed E-state index contributed by atoms with van der Waals surface area (Å²) in [5.41, 5.74) is 0.597. The van der Waals surface area contributed by atoms with Gasteiger partial charge in [-0.2, -0.15) is 0 Å². The van der Waals surface area contributed by atoms with E-state index in [4.69, 9.17) is 0 Å². The Bertz CT molecular complexity index is 259. The van der Waals surface area contributed by atoms with E-state index < -0.39 is 0 Å². The normalized spacial score (nSPS) is 25.2. The summed E-state index contributed by atoms with van der Waals surface area (Å²) in [5.74, 6) is 0. The molecule has 0 spiro atoms. The number of nitrogens with one attached hydrogen (secondary N) is 1. The molecule has 118 valence electrons. The molecular formula is C18H36N2. The predicted octanol–water partition coefficient (Wildman–Crippen LogP) is 4.20. The molecule has 2 aliphatic carbocycles. The van der Waals surface area contributed by atoms with E-state index >= 15 is 0 Å². The molecule has 20 heavy (non-hydrogen) atoms. The molecule has 0 bridgehead atoms. The Morgan fingerprint density at radius 1 is 1.00 bits per heavy atom. The first-order chi connectivity index (χ1) is 9.57. The predicted molar refractivity (Wildman–Crippen MR) is 88.2 cm³/mol. The average molecular weight is 280 g/mol. The van der Waals surface area contributed by atoms with Crippen LogP contribution in [-0.4, -0.2) is 37.1 Å². The third-order valence-corrected chi connectivity index (χ3v) is 5.66. The summed E-state index contributed by atoms with van der Waals surface area (Å²) >= 11 is 0. The first kappa shape index (κ1) is 16.3. The van der Waals surface area contributed by atoms with Crippen LogP contribution in [0.15, 0.2) is 0 Å². The monoisotopic (exact) mass is 280 g/mol. The topological polar surface area (TPSA) is 15.3 Å². The Hall–Kier alpha value is -0.0800. The number of hydrogen-bond donors (Lipinski definition) is 1. The van der Waals surface area contributed by atoms with E-state index in [2.05, 4.69) is 31.1 Å². The number of hydrogen-bond acceptors (Lipinski definition) is 2. The summed E-state index contributed by atoms with van der Waals surface area (Å²) < 4.78 is 0. The molecule has 0 amide bonds. The van der Waals surface area contributed by atoms with Crippen molar-refractivity contribution in [2.45, 2.75) is 90.1 Å². The second kappa shape index (κ2) is 7.79. The Balaban J connectivity index is 1.53. The van der Waals surface area contributed by atoms with Gasteiger partial charge >= 0.3 is 0 Å². The van der Waals surface area contributed by atoms with Crippen LogP contribution < -0.4 is 5.32 Å². The van der Waals surface area contributed by atoms with Crippen molar-refractivity contribution in [3.8, 4) is 0 Å². The van der Waals surface area contributed by atoms with Crippen LogP contribution in [0.5, 0.6) is 0 Å². The minimum atomic E-state index is 0.597. The minimum absolute atomic E-state index is 0.597. The van der Waals surface area contributed by atoms with Gasteiger partial charge in [0.2, 0.25) is 0 Å². The van der Waals surface area contributed by atoms with Gasteiger partial charge in [-0.25, -0.2) is 0 Å². The van der Waals surface area contributed by atoms with Gasteiger partial charge in [-0.3, -0.25) is 0 Å². The average Bonchev–Trinajstić information content (AvgIpc) is 2.46. The smallest absolute Gasteiger partial charge is 0.00922 e. The molecule has 2 fully saturated rings. The summed E-state index contributed by atoms with van der Waals surface area (Å²) in [6.07, 6.45) is 14.1. The van der Waals surface area contributed by atoms with E-state index in [1.165, 1.54) is 77.3 Å². The molecule has 1 N–H and O–H groups in total. The third-order valence-electron chi connectivity index (χ3n) is 5.66. The summed E-state index contributed by atoms with van der Waals surface area (Å²) in [5, 5.41) is 3.79. The molecule has 2 saturated carbocycles.